The minimum Gasteiger partial charge on any atom is -0.312 e. The van der Waals surface area contributed by atoms with Crippen LogP contribution in [0.5, 0.6) is 0 Å². The monoisotopic (exact) mass is 263 g/mol. The zero-order valence-electron chi connectivity index (χ0n) is 10.6. The molecule has 1 aromatic carbocycles. The first-order valence-electron chi connectivity index (χ1n) is 6.10. The second-order valence-electron chi connectivity index (χ2n) is 4.40. The molecule has 3 nitrogen and oxygen atoms in total. The van der Waals surface area contributed by atoms with E-state index in [0.29, 0.717) is 5.88 Å². The van der Waals surface area contributed by atoms with Gasteiger partial charge in [0.15, 0.2) is 0 Å². The van der Waals surface area contributed by atoms with Crippen molar-refractivity contribution in [3.63, 3.8) is 0 Å². The highest BCUT2D eigenvalue weighted by Gasteiger charge is 1.97. The Morgan fingerprint density at radius 1 is 1.28 bits per heavy atom. The number of aryl methyl sites for hydroxylation is 1. The van der Waals surface area contributed by atoms with Gasteiger partial charge in [0, 0.05) is 25.7 Å². The predicted octanol–water partition coefficient (Wildman–Crippen LogP) is 2.49. The second kappa shape index (κ2) is 6.57. The van der Waals surface area contributed by atoms with E-state index in [1.807, 2.05) is 24.0 Å². The number of aromatic nitrogens is 2. The van der Waals surface area contributed by atoms with E-state index in [4.69, 9.17) is 11.6 Å². The summed E-state index contributed by atoms with van der Waals surface area (Å²) in [5.41, 5.74) is 3.71. The first-order chi connectivity index (χ1) is 8.78. The van der Waals surface area contributed by atoms with E-state index in [2.05, 4.69) is 34.8 Å². The van der Waals surface area contributed by atoms with Crippen LogP contribution in [0.2, 0.25) is 0 Å². The highest BCUT2D eigenvalue weighted by molar-refractivity contribution is 6.17. The lowest BCUT2D eigenvalue weighted by Crippen LogP contribution is -2.16. The summed E-state index contributed by atoms with van der Waals surface area (Å²) in [6, 6.07) is 8.36. The summed E-state index contributed by atoms with van der Waals surface area (Å²) < 4.78 is 1.83. The lowest BCUT2D eigenvalue weighted by molar-refractivity contribution is 0.686. The fourth-order valence-corrected chi connectivity index (χ4v) is 2.06. The van der Waals surface area contributed by atoms with Gasteiger partial charge in [0.25, 0.3) is 0 Å². The van der Waals surface area contributed by atoms with Gasteiger partial charge in [0.1, 0.15) is 0 Å². The largest absolute Gasteiger partial charge is 0.312 e. The maximum atomic E-state index is 5.81. The molecule has 0 amide bonds. The summed E-state index contributed by atoms with van der Waals surface area (Å²) in [6.45, 7) is 1.84. The van der Waals surface area contributed by atoms with E-state index in [9.17, 15) is 0 Å². The number of halogens is 1. The smallest absolute Gasteiger partial charge is 0.0522 e. The van der Waals surface area contributed by atoms with Gasteiger partial charge in [-0.25, -0.2) is 0 Å². The van der Waals surface area contributed by atoms with Crippen molar-refractivity contribution in [2.24, 2.45) is 7.05 Å². The normalized spacial score (nSPS) is 10.8. The Bertz CT molecular complexity index is 493. The molecule has 0 spiro atoms. The lowest BCUT2D eigenvalue weighted by atomic mass is 10.1. The Kier molecular flexibility index (Phi) is 4.79. The van der Waals surface area contributed by atoms with Crippen LogP contribution in [0, 0.1) is 0 Å². The van der Waals surface area contributed by atoms with E-state index >= 15 is 0 Å². The quantitative estimate of drug-likeness (QED) is 0.641. The van der Waals surface area contributed by atoms with Crippen LogP contribution >= 0.6 is 11.6 Å². The molecular weight excluding hydrogens is 246 g/mol. The van der Waals surface area contributed by atoms with Gasteiger partial charge in [0.2, 0.25) is 0 Å². The number of nitrogens with one attached hydrogen (secondary N) is 1. The van der Waals surface area contributed by atoms with Gasteiger partial charge in [-0.05, 0) is 29.7 Å². The number of hydrogen-bond donors (Lipinski definition) is 1. The van der Waals surface area contributed by atoms with Crippen LogP contribution in [0.1, 0.15) is 16.7 Å². The molecule has 1 N–H and O–H groups in total. The molecule has 2 rings (SSSR count). The SMILES string of the molecule is Cn1cc(CCNCc2cccc(CCl)c2)cn1. The van der Waals surface area contributed by atoms with E-state index in [0.717, 1.165) is 19.5 Å². The summed E-state index contributed by atoms with van der Waals surface area (Å²) in [6.07, 6.45) is 4.97. The number of rotatable bonds is 6. The fourth-order valence-electron chi connectivity index (χ4n) is 1.89. The van der Waals surface area contributed by atoms with Crippen molar-refractivity contribution < 1.29 is 0 Å². The van der Waals surface area contributed by atoms with Gasteiger partial charge in [0.05, 0.1) is 6.20 Å². The summed E-state index contributed by atoms with van der Waals surface area (Å²) in [5.74, 6) is 0.573. The summed E-state index contributed by atoms with van der Waals surface area (Å²) in [5, 5.41) is 7.58. The lowest BCUT2D eigenvalue weighted by Gasteiger charge is -2.05. The third-order valence-electron chi connectivity index (χ3n) is 2.82. The molecule has 0 aliphatic heterocycles. The third kappa shape index (κ3) is 3.86. The zero-order valence-corrected chi connectivity index (χ0v) is 11.3. The Balaban J connectivity index is 1.74. The molecule has 0 fully saturated rings. The van der Waals surface area contributed by atoms with E-state index in [1.54, 1.807) is 0 Å². The number of hydrogen-bond acceptors (Lipinski definition) is 2. The zero-order chi connectivity index (χ0) is 12.8. The molecule has 0 atom stereocenters. The predicted molar refractivity (Wildman–Crippen MR) is 74.6 cm³/mol. The van der Waals surface area contributed by atoms with Crippen LogP contribution in [-0.2, 0) is 25.9 Å². The number of alkyl halides is 1. The molecule has 2 aromatic rings. The highest BCUT2D eigenvalue weighted by Crippen LogP contribution is 2.07. The van der Waals surface area contributed by atoms with Gasteiger partial charge in [-0.15, -0.1) is 11.6 Å². The fraction of sp³-hybridized carbons (Fsp3) is 0.357. The molecule has 0 bridgehead atoms. The molecule has 1 aromatic heterocycles. The molecule has 0 saturated heterocycles. The standard InChI is InChI=1S/C14H18ClN3/c1-18-11-14(10-17-18)5-6-16-9-13-4-2-3-12(7-13)8-15/h2-4,7,10-11,16H,5-6,8-9H2,1H3. The molecule has 18 heavy (non-hydrogen) atoms. The number of benzene rings is 1. The van der Waals surface area contributed by atoms with Crippen molar-refractivity contribution in [3.8, 4) is 0 Å². The van der Waals surface area contributed by atoms with E-state index in [-0.39, 0.29) is 0 Å². The molecule has 4 heteroatoms. The first kappa shape index (κ1) is 13.1. The highest BCUT2D eigenvalue weighted by atomic mass is 35.5. The summed E-state index contributed by atoms with van der Waals surface area (Å²) in [4.78, 5) is 0. The van der Waals surface area contributed by atoms with Crippen LogP contribution in [-0.4, -0.2) is 16.3 Å². The van der Waals surface area contributed by atoms with E-state index < -0.39 is 0 Å². The average molecular weight is 264 g/mol. The van der Waals surface area contributed by atoms with Crippen LogP contribution in [0.25, 0.3) is 0 Å². The van der Waals surface area contributed by atoms with Crippen molar-refractivity contribution in [1.82, 2.24) is 15.1 Å². The van der Waals surface area contributed by atoms with Gasteiger partial charge >= 0.3 is 0 Å². The van der Waals surface area contributed by atoms with Crippen LogP contribution < -0.4 is 5.32 Å². The topological polar surface area (TPSA) is 29.9 Å². The maximum absolute atomic E-state index is 5.81. The van der Waals surface area contributed by atoms with Crippen molar-refractivity contribution in [3.05, 3.63) is 53.3 Å². The Hall–Kier alpha value is -1.32. The van der Waals surface area contributed by atoms with Gasteiger partial charge in [-0.3, -0.25) is 4.68 Å². The van der Waals surface area contributed by atoms with Crippen LogP contribution in [0.3, 0.4) is 0 Å². The van der Waals surface area contributed by atoms with Crippen molar-refractivity contribution >= 4 is 11.6 Å². The maximum Gasteiger partial charge on any atom is 0.0522 e. The van der Waals surface area contributed by atoms with Crippen LogP contribution in [0.4, 0.5) is 0 Å². The Labute approximate surface area is 113 Å². The van der Waals surface area contributed by atoms with Crippen molar-refractivity contribution in [2.75, 3.05) is 6.54 Å². The minimum absolute atomic E-state index is 0.573. The molecule has 0 saturated carbocycles. The van der Waals surface area contributed by atoms with Gasteiger partial charge in [-0.2, -0.15) is 5.10 Å². The molecule has 0 unspecified atom stereocenters. The van der Waals surface area contributed by atoms with E-state index in [1.165, 1.54) is 16.7 Å². The van der Waals surface area contributed by atoms with Gasteiger partial charge in [-0.1, -0.05) is 24.3 Å². The third-order valence-corrected chi connectivity index (χ3v) is 3.13. The summed E-state index contributed by atoms with van der Waals surface area (Å²) >= 11 is 5.81. The molecule has 96 valence electrons. The second-order valence-corrected chi connectivity index (χ2v) is 4.67. The minimum atomic E-state index is 0.573. The first-order valence-corrected chi connectivity index (χ1v) is 6.63. The molecule has 0 aliphatic carbocycles. The van der Waals surface area contributed by atoms with Crippen LogP contribution in [0.15, 0.2) is 36.7 Å². The Morgan fingerprint density at radius 2 is 2.11 bits per heavy atom. The molecule has 0 radical (unpaired) electrons. The number of nitrogens with zero attached hydrogens (tertiary/aromatic N) is 2. The average Bonchev–Trinajstić information content (AvgIpc) is 2.81. The molecule has 0 aliphatic rings. The summed E-state index contributed by atoms with van der Waals surface area (Å²) in [7, 11) is 1.94. The Morgan fingerprint density at radius 3 is 2.83 bits per heavy atom. The molecule has 1 heterocycles. The van der Waals surface area contributed by atoms with Gasteiger partial charge < -0.3 is 5.32 Å². The van der Waals surface area contributed by atoms with Crippen molar-refractivity contribution in [2.45, 2.75) is 18.8 Å². The van der Waals surface area contributed by atoms with Crippen molar-refractivity contribution in [1.29, 1.82) is 0 Å². The molecular formula is C14H18ClN3.